The van der Waals surface area contributed by atoms with Crippen molar-refractivity contribution in [1.29, 1.82) is 0 Å². The highest BCUT2D eigenvalue weighted by Crippen LogP contribution is 2.59. The number of rotatable bonds is 7. The van der Waals surface area contributed by atoms with E-state index in [-0.39, 0.29) is 29.0 Å². The van der Waals surface area contributed by atoms with Crippen molar-refractivity contribution in [3.63, 3.8) is 0 Å². The largest absolute Gasteiger partial charge is 0.475 e. The first-order valence-corrected chi connectivity index (χ1v) is 15.3. The van der Waals surface area contributed by atoms with Crippen molar-refractivity contribution in [2.45, 2.75) is 59.7 Å². The van der Waals surface area contributed by atoms with Crippen LogP contribution in [-0.2, 0) is 24.6 Å². The van der Waals surface area contributed by atoms with Gasteiger partial charge in [-0.15, -0.1) is 11.8 Å². The maximum Gasteiger partial charge on any atom is 0.475 e. The molecule has 1 aromatic carbocycles. The number of hydrogen-bond donors (Lipinski definition) is 2. The minimum Gasteiger partial charge on any atom is -0.387 e. The number of anilines is 1. The third-order valence-electron chi connectivity index (χ3n) is 5.06. The molecule has 4 rings (SSSR count). The molecule has 5 atom stereocenters. The lowest BCUT2D eigenvalue weighted by molar-refractivity contribution is -0.0278. The lowest BCUT2D eigenvalue weighted by atomic mass is 10.1. The van der Waals surface area contributed by atoms with E-state index in [1.807, 2.05) is 18.2 Å². The van der Waals surface area contributed by atoms with Crippen LogP contribution in [0.3, 0.4) is 0 Å². The van der Waals surface area contributed by atoms with Gasteiger partial charge in [0, 0.05) is 15.8 Å². The van der Waals surface area contributed by atoms with Crippen LogP contribution in [0.1, 0.15) is 31.7 Å². The van der Waals surface area contributed by atoms with E-state index >= 15 is 0 Å². The number of phosphoric ester groups is 1. The molecule has 9 nitrogen and oxygen atoms in total. The van der Waals surface area contributed by atoms with Gasteiger partial charge in [-0.2, -0.15) is 4.98 Å². The Labute approximate surface area is 210 Å². The van der Waals surface area contributed by atoms with Gasteiger partial charge in [0.1, 0.15) is 23.4 Å². The van der Waals surface area contributed by atoms with Gasteiger partial charge in [-0.05, 0) is 24.1 Å². The van der Waals surface area contributed by atoms with E-state index in [2.05, 4.69) is 31.8 Å². The van der Waals surface area contributed by atoms with Crippen LogP contribution >= 0.6 is 41.2 Å². The first-order valence-electron chi connectivity index (χ1n) is 10.7. The van der Waals surface area contributed by atoms with Crippen molar-refractivity contribution in [2.24, 2.45) is 0 Å². The Morgan fingerprint density at radius 1 is 1.35 bits per heavy atom. The molecule has 2 aliphatic rings. The molecule has 13 heteroatoms. The number of thioether (sulfide) groups is 1. The zero-order valence-corrected chi connectivity index (χ0v) is 22.4. The summed E-state index contributed by atoms with van der Waals surface area (Å²) in [6.07, 6.45) is 0.119. The molecular weight excluding hydrogens is 517 g/mol. The van der Waals surface area contributed by atoms with Crippen LogP contribution in [0.25, 0.3) is 0 Å². The molecule has 0 bridgehead atoms. The summed E-state index contributed by atoms with van der Waals surface area (Å²) >= 11 is 1.31. The van der Waals surface area contributed by atoms with Crippen LogP contribution in [0.15, 0.2) is 46.2 Å². The topological polar surface area (TPSA) is 126 Å². The number of nitrogens with two attached hydrogens (primary N) is 1. The maximum absolute atomic E-state index is 13.1. The van der Waals surface area contributed by atoms with Gasteiger partial charge in [0.15, 0.2) is 0 Å². The predicted octanol–water partition coefficient (Wildman–Crippen LogP) is 4.12. The highest BCUT2D eigenvalue weighted by Gasteiger charge is 2.53. The molecule has 0 amide bonds. The summed E-state index contributed by atoms with van der Waals surface area (Å²) in [5.41, 5.74) is 6.06. The lowest BCUT2D eigenvalue weighted by Gasteiger charge is -2.31. The molecule has 2 aliphatic heterocycles. The highest BCUT2D eigenvalue weighted by molar-refractivity contribution is 8.77. The van der Waals surface area contributed by atoms with Crippen LogP contribution in [0.5, 0.6) is 0 Å². The summed E-state index contributed by atoms with van der Waals surface area (Å²) in [6, 6.07) is 9.51. The van der Waals surface area contributed by atoms with E-state index in [1.165, 1.54) is 28.6 Å². The van der Waals surface area contributed by atoms with E-state index in [9.17, 15) is 14.5 Å². The molecule has 3 heterocycles. The third-order valence-corrected chi connectivity index (χ3v) is 11.5. The number of phosphoric acid groups is 1. The molecule has 186 valence electrons. The maximum atomic E-state index is 13.1. The Morgan fingerprint density at radius 3 is 2.85 bits per heavy atom. The molecule has 2 fully saturated rings. The van der Waals surface area contributed by atoms with Crippen molar-refractivity contribution < 1.29 is 23.2 Å². The monoisotopic (exact) mass is 545 g/mol. The standard InChI is InChI=1S/C21H28N3O6PS3/c1-21(2,3)34-33-14-7-5-4-6-13(14)9-11-28-31(27)29-12-15-18(30-31)17(25)19(32-15)24-10-8-16(22)23-20(24)26/h4-8,10,15,17-19,25H,9,11-12H2,1-3H3,(H2,22,23,26)/t15-,17?,18?,19-,31?/m1/s1. The van der Waals surface area contributed by atoms with Crippen LogP contribution < -0.4 is 11.4 Å². The summed E-state index contributed by atoms with van der Waals surface area (Å²) in [7, 11) is -0.378. The van der Waals surface area contributed by atoms with Crippen LogP contribution in [0, 0.1) is 0 Å². The number of nitrogen functional groups attached to an aromatic ring is 1. The van der Waals surface area contributed by atoms with Gasteiger partial charge in [0.25, 0.3) is 0 Å². The summed E-state index contributed by atoms with van der Waals surface area (Å²) in [4.78, 5) is 17.0. The number of aromatic nitrogens is 2. The number of aliphatic hydroxyl groups excluding tert-OH is 1. The Hall–Kier alpha value is -0.980. The van der Waals surface area contributed by atoms with Crippen molar-refractivity contribution in [2.75, 3.05) is 18.9 Å². The Balaban J connectivity index is 1.37. The predicted molar refractivity (Wildman–Crippen MR) is 137 cm³/mol. The second kappa shape index (κ2) is 10.6. The van der Waals surface area contributed by atoms with Gasteiger partial charge in [-0.25, -0.2) is 9.36 Å². The van der Waals surface area contributed by atoms with Gasteiger partial charge in [-0.3, -0.25) is 18.1 Å². The minimum absolute atomic E-state index is 0.0754. The lowest BCUT2D eigenvalue weighted by Crippen LogP contribution is -2.40. The molecule has 0 spiro atoms. The van der Waals surface area contributed by atoms with Crippen LogP contribution in [0.2, 0.25) is 0 Å². The van der Waals surface area contributed by atoms with Gasteiger partial charge < -0.3 is 10.8 Å². The number of benzene rings is 1. The van der Waals surface area contributed by atoms with Gasteiger partial charge in [-0.1, -0.05) is 60.6 Å². The Morgan fingerprint density at radius 2 is 2.12 bits per heavy atom. The normalized spacial score (nSPS) is 29.2. The van der Waals surface area contributed by atoms with Crippen LogP contribution in [-0.4, -0.2) is 50.1 Å². The fourth-order valence-electron chi connectivity index (χ4n) is 3.47. The molecule has 3 N–H and O–H groups in total. The molecule has 34 heavy (non-hydrogen) atoms. The molecule has 0 saturated carbocycles. The Kier molecular flexibility index (Phi) is 8.10. The number of nitrogens with zero attached hydrogens (tertiary/aromatic N) is 2. The van der Waals surface area contributed by atoms with Crippen molar-refractivity contribution >= 4 is 47.0 Å². The number of hydrogen-bond acceptors (Lipinski definition) is 11. The van der Waals surface area contributed by atoms with Crippen LogP contribution in [0.4, 0.5) is 5.82 Å². The summed E-state index contributed by atoms with van der Waals surface area (Å²) in [5.74, 6) is 0.102. The fraction of sp³-hybridized carbons (Fsp3) is 0.524. The van der Waals surface area contributed by atoms with E-state index in [0.717, 1.165) is 10.5 Å². The molecule has 3 unspecified atom stereocenters. The molecule has 0 radical (unpaired) electrons. The average molecular weight is 546 g/mol. The first-order chi connectivity index (χ1) is 16.0. The van der Waals surface area contributed by atoms with E-state index < -0.39 is 31.1 Å². The fourth-order valence-corrected chi connectivity index (χ4v) is 8.82. The second-order valence-corrected chi connectivity index (χ2v) is 14.9. The molecule has 1 aromatic heterocycles. The highest BCUT2D eigenvalue weighted by atomic mass is 33.1. The summed E-state index contributed by atoms with van der Waals surface area (Å²) in [5, 5.41) is 9.86. The van der Waals surface area contributed by atoms with Gasteiger partial charge >= 0.3 is 13.5 Å². The zero-order valence-electron chi connectivity index (χ0n) is 19.0. The van der Waals surface area contributed by atoms with Gasteiger partial charge in [0.05, 0.1) is 18.5 Å². The van der Waals surface area contributed by atoms with Gasteiger partial charge in [0.2, 0.25) is 0 Å². The second-order valence-electron chi connectivity index (χ2n) is 8.88. The number of aliphatic hydroxyl groups is 1. The van der Waals surface area contributed by atoms with E-state index in [0.29, 0.717) is 6.42 Å². The van der Waals surface area contributed by atoms with Crippen molar-refractivity contribution in [1.82, 2.24) is 9.55 Å². The summed E-state index contributed by atoms with van der Waals surface area (Å²) < 4.78 is 31.2. The SMILES string of the molecule is CC(C)(C)SSc1ccccc1CCOP1(=O)OC[C@H]2S[C@@H](n3ccc(N)nc3=O)C(O)C2O1. The smallest absolute Gasteiger partial charge is 0.387 e. The summed E-state index contributed by atoms with van der Waals surface area (Å²) in [6.45, 7) is 6.70. The molecule has 2 saturated heterocycles. The molecule has 2 aromatic rings. The molecular formula is C21H28N3O6PS3. The quantitative estimate of drug-likeness (QED) is 0.385. The zero-order chi connectivity index (χ0) is 24.5. The van der Waals surface area contributed by atoms with E-state index in [1.54, 1.807) is 21.6 Å². The third kappa shape index (κ3) is 6.22. The average Bonchev–Trinajstić information content (AvgIpc) is 3.08. The molecule has 0 aliphatic carbocycles. The minimum atomic E-state index is -3.86. The number of fused-ring (bicyclic) bond motifs is 1. The Bertz CT molecular complexity index is 1130. The van der Waals surface area contributed by atoms with Crippen molar-refractivity contribution in [3.05, 3.63) is 52.6 Å². The first kappa shape index (κ1) is 26.1. The van der Waals surface area contributed by atoms with Crippen molar-refractivity contribution in [3.8, 4) is 0 Å². The van der Waals surface area contributed by atoms with E-state index in [4.69, 9.17) is 19.3 Å².